The molecular weight excluding hydrogens is 572 g/mol. The van der Waals surface area contributed by atoms with Crippen LogP contribution in [0.4, 0.5) is 5.69 Å². The molecule has 1 atom stereocenters. The molecule has 6 rings (SSSR count). The number of methoxy groups -OCH3 is 1. The molecule has 10 heteroatoms. The molecule has 3 heterocycles. The third kappa shape index (κ3) is 6.42. The average Bonchev–Trinajstić information content (AvgIpc) is 3.29. The SMILES string of the molecule is CCOc1cc(CN2C(=O)c3ccc(N4CCN(CCc5ccc(C6CCC(=O)NC6=O)cc5)CC4)cc3C2=O)ccc1OC. The molecule has 2 fully saturated rings. The molecule has 0 saturated carbocycles. The summed E-state index contributed by atoms with van der Waals surface area (Å²) in [5.41, 5.74) is 4.78. The van der Waals surface area contributed by atoms with Crippen molar-refractivity contribution in [3.8, 4) is 11.5 Å². The molecule has 3 aromatic rings. The molecule has 10 nitrogen and oxygen atoms in total. The van der Waals surface area contributed by atoms with Gasteiger partial charge in [-0.25, -0.2) is 0 Å². The summed E-state index contributed by atoms with van der Waals surface area (Å²) in [5, 5.41) is 2.43. The van der Waals surface area contributed by atoms with Gasteiger partial charge in [0, 0.05) is 44.8 Å². The Hall–Kier alpha value is -4.70. The number of anilines is 1. The van der Waals surface area contributed by atoms with Gasteiger partial charge in [0.25, 0.3) is 11.8 Å². The predicted octanol–water partition coefficient (Wildman–Crippen LogP) is 3.78. The molecule has 234 valence electrons. The van der Waals surface area contributed by atoms with Crippen LogP contribution in [0.2, 0.25) is 0 Å². The molecule has 1 N–H and O–H groups in total. The number of benzene rings is 3. The number of imide groups is 2. The van der Waals surface area contributed by atoms with Gasteiger partial charge in [0.1, 0.15) is 0 Å². The van der Waals surface area contributed by atoms with Gasteiger partial charge in [-0.3, -0.25) is 34.3 Å². The van der Waals surface area contributed by atoms with Gasteiger partial charge in [0.2, 0.25) is 11.8 Å². The Morgan fingerprint density at radius 2 is 1.56 bits per heavy atom. The summed E-state index contributed by atoms with van der Waals surface area (Å²) >= 11 is 0. The zero-order valence-corrected chi connectivity index (χ0v) is 25.7. The lowest BCUT2D eigenvalue weighted by Crippen LogP contribution is -2.47. The zero-order chi connectivity index (χ0) is 31.5. The lowest BCUT2D eigenvalue weighted by atomic mass is 9.90. The maximum absolute atomic E-state index is 13.4. The van der Waals surface area contributed by atoms with E-state index in [1.165, 1.54) is 10.5 Å². The minimum Gasteiger partial charge on any atom is -0.493 e. The van der Waals surface area contributed by atoms with E-state index in [0.717, 1.165) is 56.0 Å². The van der Waals surface area contributed by atoms with E-state index in [9.17, 15) is 19.2 Å². The first-order chi connectivity index (χ1) is 21.8. The Morgan fingerprint density at radius 1 is 0.822 bits per heavy atom. The Bertz CT molecular complexity index is 1610. The number of nitrogens with zero attached hydrogens (tertiary/aromatic N) is 3. The lowest BCUT2D eigenvalue weighted by molar-refractivity contribution is -0.134. The summed E-state index contributed by atoms with van der Waals surface area (Å²) in [6.07, 6.45) is 1.84. The van der Waals surface area contributed by atoms with Crippen molar-refractivity contribution in [1.82, 2.24) is 15.1 Å². The second-order valence-corrected chi connectivity index (χ2v) is 11.7. The highest BCUT2D eigenvalue weighted by molar-refractivity contribution is 6.21. The van der Waals surface area contributed by atoms with Crippen molar-refractivity contribution in [1.29, 1.82) is 0 Å². The molecule has 0 aliphatic carbocycles. The minimum absolute atomic E-state index is 0.157. The highest BCUT2D eigenvalue weighted by Gasteiger charge is 2.36. The van der Waals surface area contributed by atoms with Crippen LogP contribution in [-0.4, -0.2) is 79.9 Å². The van der Waals surface area contributed by atoms with Crippen molar-refractivity contribution < 1.29 is 28.7 Å². The van der Waals surface area contributed by atoms with Gasteiger partial charge in [0.05, 0.1) is 37.3 Å². The van der Waals surface area contributed by atoms with Crippen LogP contribution >= 0.6 is 0 Å². The smallest absolute Gasteiger partial charge is 0.261 e. The molecule has 3 aromatic carbocycles. The molecule has 1 unspecified atom stereocenters. The van der Waals surface area contributed by atoms with Crippen molar-refractivity contribution in [2.75, 3.05) is 51.3 Å². The van der Waals surface area contributed by atoms with Crippen LogP contribution in [0.3, 0.4) is 0 Å². The maximum Gasteiger partial charge on any atom is 0.261 e. The van der Waals surface area contributed by atoms with Crippen LogP contribution in [0.25, 0.3) is 0 Å². The van der Waals surface area contributed by atoms with E-state index in [0.29, 0.717) is 42.1 Å². The summed E-state index contributed by atoms with van der Waals surface area (Å²) in [7, 11) is 1.58. The van der Waals surface area contributed by atoms with Gasteiger partial charge >= 0.3 is 0 Å². The van der Waals surface area contributed by atoms with Crippen LogP contribution in [-0.2, 0) is 22.6 Å². The fourth-order valence-corrected chi connectivity index (χ4v) is 6.33. The van der Waals surface area contributed by atoms with E-state index in [2.05, 4.69) is 27.2 Å². The summed E-state index contributed by atoms with van der Waals surface area (Å²) in [6.45, 7) is 6.88. The molecule has 2 saturated heterocycles. The Labute approximate surface area is 262 Å². The van der Waals surface area contributed by atoms with Crippen molar-refractivity contribution in [3.63, 3.8) is 0 Å². The fourth-order valence-electron chi connectivity index (χ4n) is 6.33. The number of rotatable bonds is 10. The van der Waals surface area contributed by atoms with Gasteiger partial charge in [-0.1, -0.05) is 30.3 Å². The number of fused-ring (bicyclic) bond motifs is 1. The molecule has 3 aliphatic heterocycles. The Kier molecular flexibility index (Phi) is 8.84. The van der Waals surface area contributed by atoms with Crippen molar-refractivity contribution in [2.24, 2.45) is 0 Å². The first-order valence-corrected chi connectivity index (χ1v) is 15.5. The Morgan fingerprint density at radius 3 is 2.27 bits per heavy atom. The molecule has 0 bridgehead atoms. The van der Waals surface area contributed by atoms with Crippen molar-refractivity contribution in [3.05, 3.63) is 88.5 Å². The Balaban J connectivity index is 1.02. The van der Waals surface area contributed by atoms with Crippen molar-refractivity contribution in [2.45, 2.75) is 38.6 Å². The average molecular weight is 611 g/mol. The summed E-state index contributed by atoms with van der Waals surface area (Å²) < 4.78 is 11.0. The van der Waals surface area contributed by atoms with Crippen LogP contribution in [0.1, 0.15) is 63.1 Å². The third-order valence-corrected chi connectivity index (χ3v) is 8.90. The molecule has 4 amide bonds. The number of piperazine rings is 1. The standard InChI is InChI=1S/C35H38N4O6/c1-3-45-31-20-24(6-12-30(31)44-2)22-39-34(42)28-10-9-26(21-29(28)35(39)43)38-18-16-37(17-19-38)15-14-23-4-7-25(8-5-23)27-11-13-32(40)36-33(27)41/h4-10,12,20-21,27H,3,11,13-19,22H2,1-2H3,(H,36,40,41). The number of nitrogens with one attached hydrogen (secondary N) is 1. The lowest BCUT2D eigenvalue weighted by Gasteiger charge is -2.36. The number of hydrogen-bond acceptors (Lipinski definition) is 8. The molecule has 45 heavy (non-hydrogen) atoms. The summed E-state index contributed by atoms with van der Waals surface area (Å²) in [4.78, 5) is 56.2. The number of hydrogen-bond donors (Lipinski definition) is 1. The van der Waals surface area contributed by atoms with E-state index in [4.69, 9.17) is 9.47 Å². The van der Waals surface area contributed by atoms with Gasteiger partial charge < -0.3 is 14.4 Å². The number of ether oxygens (including phenoxy) is 2. The van der Waals surface area contributed by atoms with Gasteiger partial charge in [-0.2, -0.15) is 0 Å². The highest BCUT2D eigenvalue weighted by Crippen LogP contribution is 2.32. The summed E-state index contributed by atoms with van der Waals surface area (Å²) in [5.74, 6) is -0.0525. The third-order valence-electron chi connectivity index (χ3n) is 8.90. The van der Waals surface area contributed by atoms with E-state index >= 15 is 0 Å². The molecule has 0 aromatic heterocycles. The second-order valence-electron chi connectivity index (χ2n) is 11.7. The molecule has 0 spiro atoms. The van der Waals surface area contributed by atoms with E-state index in [-0.39, 0.29) is 36.1 Å². The van der Waals surface area contributed by atoms with Crippen LogP contribution in [0.5, 0.6) is 11.5 Å². The van der Waals surface area contributed by atoms with E-state index in [1.807, 2.05) is 43.3 Å². The predicted molar refractivity (Wildman–Crippen MR) is 169 cm³/mol. The van der Waals surface area contributed by atoms with E-state index < -0.39 is 0 Å². The minimum atomic E-state index is -0.287. The normalized spacial score (nSPS) is 18.7. The monoisotopic (exact) mass is 610 g/mol. The van der Waals surface area contributed by atoms with Crippen LogP contribution in [0, 0.1) is 0 Å². The number of carbonyl (C=O) groups excluding carboxylic acids is 4. The zero-order valence-electron chi connectivity index (χ0n) is 25.7. The number of amides is 4. The molecular formula is C35H38N4O6. The second kappa shape index (κ2) is 13.1. The largest absolute Gasteiger partial charge is 0.493 e. The topological polar surface area (TPSA) is 108 Å². The molecule has 0 radical (unpaired) electrons. The number of piperidine rings is 1. The van der Waals surface area contributed by atoms with Crippen molar-refractivity contribution >= 4 is 29.3 Å². The summed E-state index contributed by atoms with van der Waals surface area (Å²) in [6, 6.07) is 19.2. The van der Waals surface area contributed by atoms with Gasteiger partial charge in [-0.05, 0) is 66.8 Å². The van der Waals surface area contributed by atoms with Gasteiger partial charge in [-0.15, -0.1) is 0 Å². The van der Waals surface area contributed by atoms with Crippen LogP contribution in [0.15, 0.2) is 60.7 Å². The molecule has 3 aliphatic rings. The first-order valence-electron chi connectivity index (χ1n) is 15.5. The first kappa shape index (κ1) is 30.3. The van der Waals surface area contributed by atoms with E-state index in [1.54, 1.807) is 19.2 Å². The fraction of sp³-hybridized carbons (Fsp3) is 0.371. The van der Waals surface area contributed by atoms with Crippen LogP contribution < -0.4 is 19.7 Å². The number of carbonyl (C=O) groups is 4. The van der Waals surface area contributed by atoms with Gasteiger partial charge in [0.15, 0.2) is 11.5 Å². The maximum atomic E-state index is 13.4. The highest BCUT2D eigenvalue weighted by atomic mass is 16.5. The quantitative estimate of drug-likeness (QED) is 0.346.